The lowest BCUT2D eigenvalue weighted by Crippen LogP contribution is -2.07. The number of fused-ring (bicyclic) bond motifs is 2. The quantitative estimate of drug-likeness (QED) is 0.459. The topological polar surface area (TPSA) is 100 Å². The summed E-state index contributed by atoms with van der Waals surface area (Å²) in [6, 6.07) is 13.5. The first-order valence-corrected chi connectivity index (χ1v) is 9.33. The summed E-state index contributed by atoms with van der Waals surface area (Å²) in [6.07, 6.45) is 1.98. The summed E-state index contributed by atoms with van der Waals surface area (Å²) >= 11 is 0. The standard InChI is InChI=1S/C22H18N6O/c1-12-4-3-5-15(24-12)9-20(29)22-25-18-10-16-17(11-19(18)26-22)27-28-21(16)14-6-7-23-13(2)8-14/h3-8,10-11H,9H2,1-2H3,(H,25,26)(H,27,28). The van der Waals surface area contributed by atoms with Crippen LogP contribution in [0.4, 0.5) is 0 Å². The number of benzene rings is 1. The molecule has 0 atom stereocenters. The molecule has 0 saturated heterocycles. The van der Waals surface area contributed by atoms with Gasteiger partial charge in [-0.3, -0.25) is 19.9 Å². The molecule has 7 heteroatoms. The molecule has 29 heavy (non-hydrogen) atoms. The molecule has 1 aromatic carbocycles. The van der Waals surface area contributed by atoms with Crippen LogP contribution in [0.5, 0.6) is 0 Å². The Kier molecular flexibility index (Phi) is 3.94. The van der Waals surface area contributed by atoms with Gasteiger partial charge >= 0.3 is 0 Å². The van der Waals surface area contributed by atoms with Gasteiger partial charge in [0.05, 0.1) is 23.0 Å². The molecule has 2 N–H and O–H groups in total. The minimum atomic E-state index is -0.0916. The van der Waals surface area contributed by atoms with E-state index in [2.05, 4.69) is 30.1 Å². The highest BCUT2D eigenvalue weighted by molar-refractivity contribution is 6.03. The minimum absolute atomic E-state index is 0.0916. The first kappa shape index (κ1) is 17.2. The zero-order chi connectivity index (χ0) is 20.0. The molecule has 4 heterocycles. The van der Waals surface area contributed by atoms with Gasteiger partial charge in [-0.1, -0.05) is 6.07 Å². The van der Waals surface area contributed by atoms with Crippen molar-refractivity contribution in [1.82, 2.24) is 30.1 Å². The van der Waals surface area contributed by atoms with E-state index in [9.17, 15) is 4.79 Å². The Morgan fingerprint density at radius 2 is 1.90 bits per heavy atom. The number of aryl methyl sites for hydroxylation is 2. The predicted octanol–water partition coefficient (Wildman–Crippen LogP) is 3.94. The number of hydrogen-bond acceptors (Lipinski definition) is 5. The number of ketones is 1. The Labute approximate surface area is 166 Å². The Morgan fingerprint density at radius 3 is 2.72 bits per heavy atom. The van der Waals surface area contributed by atoms with Crippen molar-refractivity contribution in [3.05, 3.63) is 71.6 Å². The summed E-state index contributed by atoms with van der Waals surface area (Å²) in [6.45, 7) is 3.86. The number of H-pyrrole nitrogens is 2. The van der Waals surface area contributed by atoms with Crippen LogP contribution < -0.4 is 0 Å². The van der Waals surface area contributed by atoms with Gasteiger partial charge < -0.3 is 4.98 Å². The van der Waals surface area contributed by atoms with E-state index in [-0.39, 0.29) is 12.2 Å². The van der Waals surface area contributed by atoms with E-state index in [1.807, 2.05) is 56.3 Å². The van der Waals surface area contributed by atoms with Gasteiger partial charge in [-0.15, -0.1) is 0 Å². The molecule has 0 fully saturated rings. The number of rotatable bonds is 4. The average molecular weight is 382 g/mol. The number of carbonyl (C=O) groups excluding carboxylic acids is 1. The van der Waals surface area contributed by atoms with E-state index >= 15 is 0 Å². The SMILES string of the molecule is Cc1cc(-c2n[nH]c3cc4[nH]c(C(=O)Cc5cccc(C)n5)nc4cc23)ccn1. The first-order chi connectivity index (χ1) is 14.1. The highest BCUT2D eigenvalue weighted by Crippen LogP contribution is 2.29. The van der Waals surface area contributed by atoms with Crippen molar-refractivity contribution in [1.29, 1.82) is 0 Å². The van der Waals surface area contributed by atoms with Gasteiger partial charge in [0.15, 0.2) is 5.82 Å². The maximum Gasteiger partial charge on any atom is 0.204 e. The van der Waals surface area contributed by atoms with E-state index in [4.69, 9.17) is 0 Å². The third-order valence-corrected chi connectivity index (χ3v) is 4.89. The Bertz CT molecular complexity index is 1380. The molecule has 5 aromatic rings. The van der Waals surface area contributed by atoms with Crippen LogP contribution in [0.3, 0.4) is 0 Å². The molecule has 0 aliphatic rings. The maximum atomic E-state index is 12.7. The van der Waals surface area contributed by atoms with Crippen molar-refractivity contribution in [3.63, 3.8) is 0 Å². The summed E-state index contributed by atoms with van der Waals surface area (Å²) in [7, 11) is 0. The van der Waals surface area contributed by atoms with Crippen LogP contribution in [0.15, 0.2) is 48.7 Å². The Morgan fingerprint density at radius 1 is 1.00 bits per heavy atom. The smallest absolute Gasteiger partial charge is 0.204 e. The van der Waals surface area contributed by atoms with Crippen molar-refractivity contribution in [2.75, 3.05) is 0 Å². The number of imidazole rings is 1. The maximum absolute atomic E-state index is 12.7. The largest absolute Gasteiger partial charge is 0.335 e. The molecule has 142 valence electrons. The lowest BCUT2D eigenvalue weighted by atomic mass is 10.1. The van der Waals surface area contributed by atoms with Gasteiger partial charge in [0.25, 0.3) is 0 Å². The third kappa shape index (κ3) is 3.16. The van der Waals surface area contributed by atoms with Gasteiger partial charge in [0, 0.05) is 34.2 Å². The van der Waals surface area contributed by atoms with Crippen LogP contribution in [0.1, 0.15) is 27.7 Å². The molecule has 7 nitrogen and oxygen atoms in total. The number of aromatic amines is 2. The molecular formula is C22H18N6O. The second kappa shape index (κ2) is 6.63. The van der Waals surface area contributed by atoms with Crippen LogP contribution in [-0.2, 0) is 6.42 Å². The summed E-state index contributed by atoms with van der Waals surface area (Å²) < 4.78 is 0. The monoisotopic (exact) mass is 382 g/mol. The van der Waals surface area contributed by atoms with Gasteiger partial charge in [0.1, 0.15) is 5.69 Å². The molecule has 0 amide bonds. The summed E-state index contributed by atoms with van der Waals surface area (Å²) in [5.41, 5.74) is 6.78. The van der Waals surface area contributed by atoms with Crippen molar-refractivity contribution >= 4 is 27.7 Å². The zero-order valence-corrected chi connectivity index (χ0v) is 16.0. The first-order valence-electron chi connectivity index (χ1n) is 9.33. The van der Waals surface area contributed by atoms with Crippen molar-refractivity contribution in [3.8, 4) is 11.3 Å². The van der Waals surface area contributed by atoms with Crippen molar-refractivity contribution in [2.24, 2.45) is 0 Å². The van der Waals surface area contributed by atoms with Crippen LogP contribution >= 0.6 is 0 Å². The fourth-order valence-electron chi connectivity index (χ4n) is 3.51. The van der Waals surface area contributed by atoms with Crippen LogP contribution in [0, 0.1) is 13.8 Å². The van der Waals surface area contributed by atoms with Crippen LogP contribution in [-0.4, -0.2) is 35.9 Å². The summed E-state index contributed by atoms with van der Waals surface area (Å²) in [5.74, 6) is 0.247. The van der Waals surface area contributed by atoms with E-state index in [0.29, 0.717) is 5.82 Å². The normalized spacial score (nSPS) is 11.4. The zero-order valence-electron chi connectivity index (χ0n) is 16.0. The third-order valence-electron chi connectivity index (χ3n) is 4.89. The highest BCUT2D eigenvalue weighted by atomic mass is 16.1. The second-order valence-electron chi connectivity index (χ2n) is 7.13. The van der Waals surface area contributed by atoms with E-state index < -0.39 is 0 Å². The van der Waals surface area contributed by atoms with Gasteiger partial charge in [-0.25, -0.2) is 4.98 Å². The van der Waals surface area contributed by atoms with E-state index in [0.717, 1.165) is 50.3 Å². The molecule has 0 radical (unpaired) electrons. The van der Waals surface area contributed by atoms with E-state index in [1.54, 1.807) is 6.20 Å². The van der Waals surface area contributed by atoms with Gasteiger partial charge in [-0.05, 0) is 50.2 Å². The molecule has 0 spiro atoms. The molecule has 4 aromatic heterocycles. The summed E-state index contributed by atoms with van der Waals surface area (Å²) in [4.78, 5) is 29.0. The number of pyridine rings is 2. The van der Waals surface area contributed by atoms with Crippen molar-refractivity contribution in [2.45, 2.75) is 20.3 Å². The minimum Gasteiger partial charge on any atom is -0.335 e. The fraction of sp³-hybridized carbons (Fsp3) is 0.136. The molecule has 0 aliphatic heterocycles. The Balaban J connectivity index is 1.53. The summed E-state index contributed by atoms with van der Waals surface area (Å²) in [5, 5.41) is 8.48. The number of Topliss-reactive ketones (excluding diaryl/α,β-unsaturated/α-hetero) is 1. The van der Waals surface area contributed by atoms with Crippen molar-refractivity contribution < 1.29 is 4.79 Å². The molecular weight excluding hydrogens is 364 g/mol. The molecule has 0 saturated carbocycles. The van der Waals surface area contributed by atoms with Crippen LogP contribution in [0.2, 0.25) is 0 Å². The second-order valence-corrected chi connectivity index (χ2v) is 7.13. The van der Waals surface area contributed by atoms with Crippen LogP contribution in [0.25, 0.3) is 33.2 Å². The molecule has 0 aliphatic carbocycles. The number of hydrogen-bond donors (Lipinski definition) is 2. The fourth-order valence-corrected chi connectivity index (χ4v) is 3.51. The lowest BCUT2D eigenvalue weighted by Gasteiger charge is -1.99. The molecule has 5 rings (SSSR count). The Hall–Kier alpha value is -3.87. The molecule has 0 unspecified atom stereocenters. The number of nitrogens with zero attached hydrogens (tertiary/aromatic N) is 4. The van der Waals surface area contributed by atoms with Gasteiger partial charge in [0.2, 0.25) is 5.78 Å². The lowest BCUT2D eigenvalue weighted by molar-refractivity contribution is 0.0983. The number of carbonyl (C=O) groups is 1. The highest BCUT2D eigenvalue weighted by Gasteiger charge is 2.16. The van der Waals surface area contributed by atoms with Gasteiger partial charge in [-0.2, -0.15) is 5.10 Å². The predicted molar refractivity (Wildman–Crippen MR) is 111 cm³/mol. The van der Waals surface area contributed by atoms with E-state index in [1.165, 1.54) is 0 Å². The average Bonchev–Trinajstić information content (AvgIpc) is 3.29. The number of aromatic nitrogens is 6. The molecule has 0 bridgehead atoms. The number of nitrogens with one attached hydrogen (secondary N) is 2.